The summed E-state index contributed by atoms with van der Waals surface area (Å²) in [6.45, 7) is 1.69. The summed E-state index contributed by atoms with van der Waals surface area (Å²) < 4.78 is 0. The first-order valence-electron chi connectivity index (χ1n) is 4.78. The van der Waals surface area contributed by atoms with Crippen LogP contribution in [0.1, 0.15) is 28.9 Å². The van der Waals surface area contributed by atoms with Crippen molar-refractivity contribution in [1.29, 1.82) is 0 Å². The summed E-state index contributed by atoms with van der Waals surface area (Å²) in [6, 6.07) is 1.64. The van der Waals surface area contributed by atoms with E-state index in [0.717, 1.165) is 12.8 Å². The molecule has 4 nitrogen and oxygen atoms in total. The molecule has 0 saturated heterocycles. The second-order valence-electron chi connectivity index (χ2n) is 3.73. The van der Waals surface area contributed by atoms with Crippen molar-refractivity contribution in [3.05, 3.63) is 32.7 Å². The van der Waals surface area contributed by atoms with Crippen LogP contribution >= 0.6 is 11.6 Å². The van der Waals surface area contributed by atoms with Gasteiger partial charge in [0.05, 0.1) is 5.02 Å². The molecule has 0 bridgehead atoms. The van der Waals surface area contributed by atoms with Crippen molar-refractivity contribution in [1.82, 2.24) is 10.3 Å². The van der Waals surface area contributed by atoms with Gasteiger partial charge in [0.2, 0.25) is 0 Å². The molecule has 0 radical (unpaired) electrons. The molecule has 0 aliphatic heterocycles. The van der Waals surface area contributed by atoms with E-state index in [0.29, 0.717) is 10.7 Å². The number of hydrogen-bond acceptors (Lipinski definition) is 2. The van der Waals surface area contributed by atoms with Crippen LogP contribution in [0.4, 0.5) is 0 Å². The minimum absolute atomic E-state index is 0.0810. The van der Waals surface area contributed by atoms with Gasteiger partial charge in [0.1, 0.15) is 5.56 Å². The number of aromatic nitrogens is 1. The van der Waals surface area contributed by atoms with Gasteiger partial charge in [-0.05, 0) is 25.8 Å². The number of nitrogens with one attached hydrogen (secondary N) is 2. The van der Waals surface area contributed by atoms with Crippen molar-refractivity contribution in [3.8, 4) is 0 Å². The van der Waals surface area contributed by atoms with E-state index in [1.54, 1.807) is 6.92 Å². The molecule has 1 saturated carbocycles. The van der Waals surface area contributed by atoms with Gasteiger partial charge in [-0.25, -0.2) is 0 Å². The van der Waals surface area contributed by atoms with Crippen LogP contribution < -0.4 is 10.9 Å². The minimum atomic E-state index is -0.393. The number of pyridine rings is 1. The first kappa shape index (κ1) is 10.2. The van der Waals surface area contributed by atoms with Crippen LogP contribution in [0.15, 0.2) is 10.9 Å². The molecular weight excluding hydrogens is 216 g/mol. The summed E-state index contributed by atoms with van der Waals surface area (Å²) >= 11 is 5.83. The second kappa shape index (κ2) is 3.70. The van der Waals surface area contributed by atoms with Crippen molar-refractivity contribution < 1.29 is 4.79 Å². The Morgan fingerprint density at radius 2 is 2.27 bits per heavy atom. The van der Waals surface area contributed by atoms with E-state index >= 15 is 0 Å². The van der Waals surface area contributed by atoms with E-state index in [1.807, 2.05) is 0 Å². The van der Waals surface area contributed by atoms with Gasteiger partial charge in [0.25, 0.3) is 11.5 Å². The van der Waals surface area contributed by atoms with Gasteiger partial charge in [-0.3, -0.25) is 9.59 Å². The quantitative estimate of drug-likeness (QED) is 0.797. The lowest BCUT2D eigenvalue weighted by atomic mass is 10.2. The topological polar surface area (TPSA) is 62.0 Å². The maximum absolute atomic E-state index is 11.6. The van der Waals surface area contributed by atoms with E-state index in [9.17, 15) is 9.59 Å². The molecular formula is C10H11ClN2O2. The molecule has 2 rings (SSSR count). The average Bonchev–Trinajstić information content (AvgIpc) is 2.95. The summed E-state index contributed by atoms with van der Waals surface area (Å²) in [5.74, 6) is -0.347. The molecule has 1 heterocycles. The average molecular weight is 227 g/mol. The lowest BCUT2D eigenvalue weighted by Gasteiger charge is -2.04. The number of amides is 1. The third-order valence-corrected chi connectivity index (χ3v) is 2.72. The Morgan fingerprint density at radius 1 is 1.60 bits per heavy atom. The molecule has 1 aliphatic carbocycles. The van der Waals surface area contributed by atoms with E-state index in [-0.39, 0.29) is 17.5 Å². The zero-order chi connectivity index (χ0) is 11.0. The lowest BCUT2D eigenvalue weighted by molar-refractivity contribution is 0.0949. The highest BCUT2D eigenvalue weighted by Crippen LogP contribution is 2.19. The highest BCUT2D eigenvalue weighted by molar-refractivity contribution is 6.31. The molecule has 1 aromatic heterocycles. The number of rotatable bonds is 2. The molecule has 1 aliphatic rings. The Hall–Kier alpha value is -1.29. The van der Waals surface area contributed by atoms with Crippen LogP contribution in [-0.4, -0.2) is 16.9 Å². The number of aromatic amines is 1. The molecule has 1 amide bonds. The van der Waals surface area contributed by atoms with Gasteiger partial charge in [-0.1, -0.05) is 11.6 Å². The number of carbonyl (C=O) groups is 1. The summed E-state index contributed by atoms with van der Waals surface area (Å²) in [6.07, 6.45) is 1.98. The fraction of sp³-hybridized carbons (Fsp3) is 0.400. The van der Waals surface area contributed by atoms with Crippen LogP contribution in [0.25, 0.3) is 0 Å². The van der Waals surface area contributed by atoms with Crippen molar-refractivity contribution in [2.45, 2.75) is 25.8 Å². The van der Waals surface area contributed by atoms with Crippen LogP contribution in [0.5, 0.6) is 0 Å². The van der Waals surface area contributed by atoms with Crippen LogP contribution in [0, 0.1) is 6.92 Å². The summed E-state index contributed by atoms with van der Waals surface area (Å²) in [5, 5.41) is 3.14. The monoisotopic (exact) mass is 226 g/mol. The molecule has 1 fully saturated rings. The number of halogens is 1. The molecule has 2 N–H and O–H groups in total. The Morgan fingerprint density at radius 3 is 2.87 bits per heavy atom. The number of hydrogen-bond donors (Lipinski definition) is 2. The van der Waals surface area contributed by atoms with Gasteiger partial charge in [-0.2, -0.15) is 0 Å². The van der Waals surface area contributed by atoms with E-state index in [1.165, 1.54) is 6.07 Å². The van der Waals surface area contributed by atoms with Crippen molar-refractivity contribution >= 4 is 17.5 Å². The predicted octanol–water partition coefficient (Wildman–Crippen LogP) is 1.23. The summed E-state index contributed by atoms with van der Waals surface area (Å²) in [4.78, 5) is 25.6. The molecule has 5 heteroatoms. The summed E-state index contributed by atoms with van der Waals surface area (Å²) in [7, 11) is 0. The Balaban J connectivity index is 2.30. The van der Waals surface area contributed by atoms with Gasteiger partial charge >= 0.3 is 0 Å². The molecule has 1 aromatic rings. The number of aryl methyl sites for hydroxylation is 1. The maximum atomic E-state index is 11.6. The van der Waals surface area contributed by atoms with Gasteiger partial charge in [-0.15, -0.1) is 0 Å². The van der Waals surface area contributed by atoms with Gasteiger partial charge < -0.3 is 10.3 Å². The van der Waals surface area contributed by atoms with Crippen molar-refractivity contribution in [3.63, 3.8) is 0 Å². The highest BCUT2D eigenvalue weighted by atomic mass is 35.5. The standard InChI is InChI=1S/C10H11ClN2O2/c1-5-8(11)4-7(9(14)12-5)10(15)13-6-2-3-6/h4,6H,2-3H2,1H3,(H,12,14)(H,13,15). The molecule has 80 valence electrons. The minimum Gasteiger partial charge on any atom is -0.349 e. The van der Waals surface area contributed by atoms with E-state index in [4.69, 9.17) is 11.6 Å². The number of H-pyrrole nitrogens is 1. The van der Waals surface area contributed by atoms with Crippen molar-refractivity contribution in [2.75, 3.05) is 0 Å². The second-order valence-corrected chi connectivity index (χ2v) is 4.14. The zero-order valence-corrected chi connectivity index (χ0v) is 9.02. The number of carbonyl (C=O) groups excluding carboxylic acids is 1. The van der Waals surface area contributed by atoms with E-state index in [2.05, 4.69) is 10.3 Å². The molecule has 0 atom stereocenters. The van der Waals surface area contributed by atoms with Gasteiger partial charge in [0.15, 0.2) is 0 Å². The fourth-order valence-electron chi connectivity index (χ4n) is 1.26. The largest absolute Gasteiger partial charge is 0.349 e. The van der Waals surface area contributed by atoms with Crippen LogP contribution in [0.2, 0.25) is 5.02 Å². The molecule has 15 heavy (non-hydrogen) atoms. The van der Waals surface area contributed by atoms with Crippen molar-refractivity contribution in [2.24, 2.45) is 0 Å². The Labute approximate surface area is 91.6 Å². The molecule has 0 spiro atoms. The van der Waals surface area contributed by atoms with Gasteiger partial charge in [0, 0.05) is 11.7 Å². The first-order valence-corrected chi connectivity index (χ1v) is 5.16. The van der Waals surface area contributed by atoms with Crippen LogP contribution in [-0.2, 0) is 0 Å². The van der Waals surface area contributed by atoms with E-state index < -0.39 is 5.56 Å². The third kappa shape index (κ3) is 2.21. The maximum Gasteiger partial charge on any atom is 0.261 e. The smallest absolute Gasteiger partial charge is 0.261 e. The Bertz CT molecular complexity index is 463. The van der Waals surface area contributed by atoms with Crippen LogP contribution in [0.3, 0.4) is 0 Å². The highest BCUT2D eigenvalue weighted by Gasteiger charge is 2.25. The lowest BCUT2D eigenvalue weighted by Crippen LogP contribution is -2.31. The predicted molar refractivity (Wildman–Crippen MR) is 57.3 cm³/mol. The fourth-order valence-corrected chi connectivity index (χ4v) is 1.41. The zero-order valence-electron chi connectivity index (χ0n) is 8.26. The normalized spacial score (nSPS) is 15.1. The first-order chi connectivity index (χ1) is 7.08. The summed E-state index contributed by atoms with van der Waals surface area (Å²) in [5.41, 5.74) is 0.261. The third-order valence-electron chi connectivity index (χ3n) is 2.33. The molecule has 0 aromatic carbocycles. The Kier molecular flexibility index (Phi) is 2.52. The SMILES string of the molecule is Cc1[nH]c(=O)c(C(=O)NC2CC2)cc1Cl. The molecule has 0 unspecified atom stereocenters.